The van der Waals surface area contributed by atoms with E-state index < -0.39 is 29.7 Å². The summed E-state index contributed by atoms with van der Waals surface area (Å²) in [7, 11) is 0. The van der Waals surface area contributed by atoms with E-state index in [4.69, 9.17) is 16.0 Å². The molecule has 0 aliphatic heterocycles. The second kappa shape index (κ2) is 17.1. The minimum absolute atomic E-state index is 0.200. The summed E-state index contributed by atoms with van der Waals surface area (Å²) in [6.45, 7) is 6.20. The van der Waals surface area contributed by atoms with Gasteiger partial charge in [-0.25, -0.2) is 10.3 Å². The Labute approximate surface area is 222 Å². The van der Waals surface area contributed by atoms with E-state index >= 15 is 0 Å². The van der Waals surface area contributed by atoms with Gasteiger partial charge in [0, 0.05) is 12.1 Å². The zero-order chi connectivity index (χ0) is 28.5. The highest BCUT2D eigenvalue weighted by Crippen LogP contribution is 2.19. The average Bonchev–Trinajstić information content (AvgIpc) is 2.87. The number of primary amides is 1. The molecule has 0 aliphatic carbocycles. The van der Waals surface area contributed by atoms with Crippen molar-refractivity contribution in [2.24, 2.45) is 17.6 Å². The van der Waals surface area contributed by atoms with Gasteiger partial charge in [-0.1, -0.05) is 81.4 Å². The third-order valence-electron chi connectivity index (χ3n) is 4.69. The van der Waals surface area contributed by atoms with Gasteiger partial charge in [-0.3, -0.25) is 24.9 Å². The van der Waals surface area contributed by atoms with Crippen LogP contribution in [0, 0.1) is 11.8 Å². The molecule has 0 aliphatic rings. The molecule has 4 amide bonds. The molecule has 38 heavy (non-hydrogen) atoms. The van der Waals surface area contributed by atoms with Crippen LogP contribution in [-0.2, 0) is 20.8 Å². The van der Waals surface area contributed by atoms with Crippen LogP contribution in [0.3, 0.4) is 0 Å². The molecule has 3 aromatic carbocycles. The first-order valence-electron chi connectivity index (χ1n) is 12.0. The number of benzene rings is 3. The number of rotatable bonds is 8. The predicted molar refractivity (Wildman–Crippen MR) is 146 cm³/mol. The lowest BCUT2D eigenvalue weighted by molar-refractivity contribution is -0.135. The molecular weight excluding hydrogens is 488 g/mol. The zero-order valence-corrected chi connectivity index (χ0v) is 21.8. The highest BCUT2D eigenvalue weighted by molar-refractivity contribution is 5.89. The molecule has 0 spiro atoms. The van der Waals surface area contributed by atoms with Gasteiger partial charge >= 0.3 is 6.09 Å². The number of anilines is 1. The van der Waals surface area contributed by atoms with E-state index in [1.807, 2.05) is 48.5 Å². The largest absolute Gasteiger partial charge is 0.465 e. The van der Waals surface area contributed by atoms with E-state index in [0.717, 1.165) is 22.3 Å². The summed E-state index contributed by atoms with van der Waals surface area (Å²) in [5.74, 6) is -1.70. The normalized spacial score (nSPS) is 10.7. The molecule has 204 valence electrons. The number of para-hydroxylation sites is 1. The van der Waals surface area contributed by atoms with E-state index in [2.05, 4.69) is 31.4 Å². The molecular formula is C28H36N4O6. The number of nitrogens with one attached hydrogen (secondary N) is 3. The maximum atomic E-state index is 12.2. The summed E-state index contributed by atoms with van der Waals surface area (Å²) in [6, 6.07) is 22.3. The fraction of sp³-hybridized carbons (Fsp3) is 0.286. The molecule has 10 nitrogen and oxygen atoms in total. The summed E-state index contributed by atoms with van der Waals surface area (Å²) >= 11 is 0. The van der Waals surface area contributed by atoms with Gasteiger partial charge in [-0.05, 0) is 40.8 Å². The smallest absolute Gasteiger partial charge is 0.409 e. The van der Waals surface area contributed by atoms with Crippen LogP contribution in [0.4, 0.5) is 10.5 Å². The van der Waals surface area contributed by atoms with Crippen molar-refractivity contribution >= 4 is 40.3 Å². The molecule has 0 aromatic heterocycles. The van der Waals surface area contributed by atoms with Crippen LogP contribution in [0.15, 0.2) is 72.8 Å². The molecule has 0 heterocycles. The highest BCUT2D eigenvalue weighted by Gasteiger charge is 2.22. The average molecular weight is 525 g/mol. The number of fused-ring (bicyclic) bond motifs is 1. The molecule has 0 radical (unpaired) electrons. The van der Waals surface area contributed by atoms with Crippen LogP contribution in [-0.4, -0.2) is 40.7 Å². The van der Waals surface area contributed by atoms with Crippen LogP contribution in [0.2, 0.25) is 0 Å². The monoisotopic (exact) mass is 524 g/mol. The number of nitrogens with two attached hydrogens (primary N) is 1. The molecule has 0 fully saturated rings. The van der Waals surface area contributed by atoms with Crippen LogP contribution >= 0.6 is 0 Å². The van der Waals surface area contributed by atoms with Crippen molar-refractivity contribution in [2.45, 2.75) is 33.6 Å². The fourth-order valence-electron chi connectivity index (χ4n) is 3.14. The molecule has 0 saturated carbocycles. The molecule has 10 heteroatoms. The van der Waals surface area contributed by atoms with E-state index in [9.17, 15) is 19.2 Å². The van der Waals surface area contributed by atoms with Crippen LogP contribution < -0.4 is 21.8 Å². The third-order valence-corrected chi connectivity index (χ3v) is 4.69. The van der Waals surface area contributed by atoms with E-state index in [0.29, 0.717) is 12.1 Å². The Morgan fingerprint density at radius 1 is 0.868 bits per heavy atom. The SMILES string of the molecule is CC(C)C.NC(=O)CNC(=O)C(CC(=O)NO)Cc1ccc2ccccc2c1.O=C(O)Nc1ccccc1. The lowest BCUT2D eigenvalue weighted by Gasteiger charge is -2.16. The van der Waals surface area contributed by atoms with Gasteiger partial charge in [0.1, 0.15) is 0 Å². The van der Waals surface area contributed by atoms with Crippen molar-refractivity contribution in [2.75, 3.05) is 11.9 Å². The van der Waals surface area contributed by atoms with Crippen molar-refractivity contribution in [1.29, 1.82) is 0 Å². The lowest BCUT2D eigenvalue weighted by Crippen LogP contribution is -2.39. The Hall–Kier alpha value is -4.44. The van der Waals surface area contributed by atoms with Crippen LogP contribution in [0.1, 0.15) is 32.8 Å². The van der Waals surface area contributed by atoms with Gasteiger partial charge in [0.2, 0.25) is 17.7 Å². The number of amides is 4. The van der Waals surface area contributed by atoms with Crippen LogP contribution in [0.5, 0.6) is 0 Å². The first-order valence-corrected chi connectivity index (χ1v) is 12.0. The van der Waals surface area contributed by atoms with E-state index in [-0.39, 0.29) is 13.0 Å². The van der Waals surface area contributed by atoms with Crippen molar-refractivity contribution in [3.8, 4) is 0 Å². The van der Waals surface area contributed by atoms with Gasteiger partial charge in [0.15, 0.2) is 0 Å². The standard InChI is InChI=1S/C17H19N3O4.C7H7NO2.C4H10/c18-15(21)10-19-17(23)14(9-16(22)20-24)8-11-5-6-12-3-1-2-4-13(12)7-11;9-7(10)8-6-4-2-1-3-5-6;1-4(2)3/h1-7,14,24H,8-10H2,(H2,18,21)(H,19,23)(H,20,22);1-5,8H,(H,9,10);4H,1-3H3. The maximum Gasteiger partial charge on any atom is 0.409 e. The summed E-state index contributed by atoms with van der Waals surface area (Å²) in [5, 5.41) is 23.7. The zero-order valence-electron chi connectivity index (χ0n) is 21.8. The third kappa shape index (κ3) is 13.6. The van der Waals surface area contributed by atoms with Gasteiger partial charge < -0.3 is 16.2 Å². The van der Waals surface area contributed by atoms with Gasteiger partial charge in [-0.15, -0.1) is 0 Å². The van der Waals surface area contributed by atoms with Crippen molar-refractivity contribution in [1.82, 2.24) is 10.8 Å². The Balaban J connectivity index is 0.000000424. The van der Waals surface area contributed by atoms with Gasteiger partial charge in [-0.2, -0.15) is 0 Å². The quantitative estimate of drug-likeness (QED) is 0.192. The van der Waals surface area contributed by atoms with E-state index in [1.165, 1.54) is 5.48 Å². The molecule has 1 atom stereocenters. The molecule has 0 saturated heterocycles. The predicted octanol–water partition coefficient (Wildman–Crippen LogP) is 3.93. The lowest BCUT2D eigenvalue weighted by atomic mass is 9.93. The highest BCUT2D eigenvalue weighted by atomic mass is 16.5. The number of hydrogen-bond acceptors (Lipinski definition) is 5. The number of hydroxylamine groups is 1. The summed E-state index contributed by atoms with van der Waals surface area (Å²) < 4.78 is 0. The summed E-state index contributed by atoms with van der Waals surface area (Å²) in [6.07, 6.45) is -0.942. The summed E-state index contributed by atoms with van der Waals surface area (Å²) in [5.41, 5.74) is 8.00. The second-order valence-corrected chi connectivity index (χ2v) is 9.03. The second-order valence-electron chi connectivity index (χ2n) is 9.03. The molecule has 3 rings (SSSR count). The molecule has 3 aromatic rings. The Morgan fingerprint density at radius 2 is 1.45 bits per heavy atom. The topological polar surface area (TPSA) is 171 Å². The number of hydrogen-bond donors (Lipinski definition) is 6. The van der Waals surface area contributed by atoms with Gasteiger partial charge in [0.25, 0.3) is 0 Å². The Kier molecular flexibility index (Phi) is 14.2. The Bertz CT molecular complexity index is 1180. The van der Waals surface area contributed by atoms with Crippen molar-refractivity contribution < 1.29 is 29.5 Å². The summed E-state index contributed by atoms with van der Waals surface area (Å²) in [4.78, 5) is 44.5. The number of carboxylic acid groups (broad SMARTS) is 1. The molecule has 0 bridgehead atoms. The van der Waals surface area contributed by atoms with E-state index in [1.54, 1.807) is 24.3 Å². The minimum atomic E-state index is -1.04. The molecule has 7 N–H and O–H groups in total. The maximum absolute atomic E-state index is 12.2. The first-order chi connectivity index (χ1) is 18.0. The molecule has 1 unspecified atom stereocenters. The van der Waals surface area contributed by atoms with Crippen molar-refractivity contribution in [3.63, 3.8) is 0 Å². The first kappa shape index (κ1) is 31.6. The van der Waals surface area contributed by atoms with Crippen LogP contribution in [0.25, 0.3) is 10.8 Å². The van der Waals surface area contributed by atoms with Crippen molar-refractivity contribution in [3.05, 3.63) is 78.4 Å². The Morgan fingerprint density at radius 3 is 2.00 bits per heavy atom. The number of carbonyl (C=O) groups is 4. The van der Waals surface area contributed by atoms with Gasteiger partial charge in [0.05, 0.1) is 12.5 Å². The minimum Gasteiger partial charge on any atom is -0.465 e. The fourth-order valence-corrected chi connectivity index (χ4v) is 3.14. The number of carbonyl (C=O) groups excluding carboxylic acids is 3.